The zero-order valence-electron chi connectivity index (χ0n) is 17.9. The number of hydrogen-bond acceptors (Lipinski definition) is 5. The van der Waals surface area contributed by atoms with Crippen molar-refractivity contribution in [1.29, 1.82) is 0 Å². The van der Waals surface area contributed by atoms with Crippen molar-refractivity contribution >= 4 is 38.3 Å². The summed E-state index contributed by atoms with van der Waals surface area (Å²) in [4.78, 5) is 17.6. The number of pyridine rings is 1. The van der Waals surface area contributed by atoms with E-state index in [0.29, 0.717) is 24.5 Å². The van der Waals surface area contributed by atoms with Crippen LogP contribution in [0.4, 0.5) is 11.5 Å². The van der Waals surface area contributed by atoms with Gasteiger partial charge < -0.3 is 10.1 Å². The van der Waals surface area contributed by atoms with Crippen molar-refractivity contribution in [2.24, 2.45) is 0 Å². The molecule has 0 fully saturated rings. The number of rotatable bonds is 5. The number of carbonyl (C=O) groups excluding carboxylic acids is 1. The lowest BCUT2D eigenvalue weighted by Crippen LogP contribution is -2.29. The van der Waals surface area contributed by atoms with Crippen LogP contribution in [0.2, 0.25) is 0 Å². The highest BCUT2D eigenvalue weighted by Gasteiger charge is 2.31. The third-order valence-corrected chi connectivity index (χ3v) is 7.50. The fraction of sp³-hybridized carbons (Fsp3) is 0.120. The van der Waals surface area contributed by atoms with Crippen LogP contribution in [-0.2, 0) is 16.4 Å². The van der Waals surface area contributed by atoms with E-state index in [-0.39, 0.29) is 16.2 Å². The van der Waals surface area contributed by atoms with Crippen LogP contribution in [0.3, 0.4) is 0 Å². The maximum absolute atomic E-state index is 13.4. The van der Waals surface area contributed by atoms with Gasteiger partial charge in [-0.2, -0.15) is 0 Å². The van der Waals surface area contributed by atoms with E-state index in [9.17, 15) is 13.2 Å². The van der Waals surface area contributed by atoms with Gasteiger partial charge in [-0.1, -0.05) is 36.4 Å². The largest absolute Gasteiger partial charge is 0.496 e. The van der Waals surface area contributed by atoms with E-state index in [1.165, 1.54) is 29.6 Å². The van der Waals surface area contributed by atoms with Gasteiger partial charge >= 0.3 is 0 Å². The Kier molecular flexibility index (Phi) is 5.22. The van der Waals surface area contributed by atoms with Crippen molar-refractivity contribution in [3.05, 3.63) is 90.0 Å². The molecule has 7 nitrogen and oxygen atoms in total. The first-order chi connectivity index (χ1) is 16.0. The molecule has 4 aromatic rings. The molecule has 0 bridgehead atoms. The van der Waals surface area contributed by atoms with Crippen molar-refractivity contribution in [1.82, 2.24) is 4.98 Å². The lowest BCUT2D eigenvalue weighted by atomic mass is 10.2. The monoisotopic (exact) mass is 459 g/mol. The normalized spacial score (nSPS) is 13.1. The summed E-state index contributed by atoms with van der Waals surface area (Å²) in [5, 5.41) is 3.70. The lowest BCUT2D eigenvalue weighted by molar-refractivity contribution is 0.102. The Morgan fingerprint density at radius 2 is 1.79 bits per heavy atom. The van der Waals surface area contributed by atoms with Crippen LogP contribution in [0.1, 0.15) is 15.9 Å². The van der Waals surface area contributed by atoms with E-state index in [1.54, 1.807) is 12.1 Å². The number of fused-ring (bicyclic) bond motifs is 2. The molecule has 1 aliphatic heterocycles. The number of amides is 1. The predicted octanol–water partition coefficient (Wildman–Crippen LogP) is 4.25. The van der Waals surface area contributed by atoms with Crippen LogP contribution in [0.25, 0.3) is 10.9 Å². The number of hydrogen-bond donors (Lipinski definition) is 1. The number of carbonyl (C=O) groups is 1. The van der Waals surface area contributed by atoms with Gasteiger partial charge in [0.05, 0.1) is 28.8 Å². The van der Waals surface area contributed by atoms with Gasteiger partial charge in [-0.3, -0.25) is 9.10 Å². The Labute approximate surface area is 191 Å². The molecule has 1 aromatic heterocycles. The van der Waals surface area contributed by atoms with E-state index in [2.05, 4.69) is 10.3 Å². The minimum atomic E-state index is -3.85. The molecule has 166 valence electrons. The first-order valence-corrected chi connectivity index (χ1v) is 11.9. The lowest BCUT2D eigenvalue weighted by Gasteiger charge is -2.20. The van der Waals surface area contributed by atoms with Crippen molar-refractivity contribution < 1.29 is 17.9 Å². The molecule has 8 heteroatoms. The standard InChI is InChI=1S/C25H21N3O4S/c1-32-23-12-11-19(33(30,31)28-15-14-18-7-3-5-9-22(18)28)16-20(23)25(29)27-24-13-10-17-6-2-4-8-21(17)26-24/h2-13,16H,14-15H2,1H3,(H,26,27,29). The topological polar surface area (TPSA) is 88.6 Å². The molecule has 33 heavy (non-hydrogen) atoms. The minimum Gasteiger partial charge on any atom is -0.496 e. The number of sulfonamides is 1. The highest BCUT2D eigenvalue weighted by atomic mass is 32.2. The molecule has 0 saturated carbocycles. The Morgan fingerprint density at radius 3 is 2.64 bits per heavy atom. The molecular formula is C25H21N3O4S. The van der Waals surface area contributed by atoms with Gasteiger partial charge in [-0.05, 0) is 54.4 Å². The van der Waals surface area contributed by atoms with Gasteiger partial charge in [0.25, 0.3) is 15.9 Å². The van der Waals surface area contributed by atoms with Gasteiger partial charge in [-0.25, -0.2) is 13.4 Å². The number of para-hydroxylation sites is 2. The van der Waals surface area contributed by atoms with Gasteiger partial charge in [-0.15, -0.1) is 0 Å². The fourth-order valence-electron chi connectivity index (χ4n) is 4.03. The van der Waals surface area contributed by atoms with E-state index in [1.807, 2.05) is 48.5 Å². The second-order valence-corrected chi connectivity index (χ2v) is 9.52. The number of nitrogens with one attached hydrogen (secondary N) is 1. The first-order valence-electron chi connectivity index (χ1n) is 10.4. The second kappa shape index (κ2) is 8.22. The molecule has 0 radical (unpaired) electrons. The molecule has 2 heterocycles. The quantitative estimate of drug-likeness (QED) is 0.482. The summed E-state index contributed by atoms with van der Waals surface area (Å²) in [7, 11) is -2.42. The summed E-state index contributed by atoms with van der Waals surface area (Å²) < 4.78 is 33.6. The molecule has 3 aromatic carbocycles. The maximum atomic E-state index is 13.4. The summed E-state index contributed by atoms with van der Waals surface area (Å²) in [5.41, 5.74) is 2.50. The summed E-state index contributed by atoms with van der Waals surface area (Å²) in [5.74, 6) is 0.130. The summed E-state index contributed by atoms with van der Waals surface area (Å²) >= 11 is 0. The summed E-state index contributed by atoms with van der Waals surface area (Å²) in [6.45, 7) is 0.357. The van der Waals surface area contributed by atoms with Crippen molar-refractivity contribution in [2.45, 2.75) is 11.3 Å². The number of benzene rings is 3. The predicted molar refractivity (Wildman–Crippen MR) is 127 cm³/mol. The van der Waals surface area contributed by atoms with Crippen LogP contribution < -0.4 is 14.4 Å². The van der Waals surface area contributed by atoms with Crippen LogP contribution in [-0.4, -0.2) is 33.0 Å². The maximum Gasteiger partial charge on any atom is 0.264 e. The van der Waals surface area contributed by atoms with Crippen LogP contribution in [0.5, 0.6) is 5.75 Å². The molecule has 1 N–H and O–H groups in total. The third kappa shape index (κ3) is 3.78. The van der Waals surface area contributed by atoms with Crippen molar-refractivity contribution in [3.8, 4) is 5.75 Å². The molecule has 1 aliphatic rings. The fourth-order valence-corrected chi connectivity index (χ4v) is 5.56. The van der Waals surface area contributed by atoms with Crippen LogP contribution in [0.15, 0.2) is 83.8 Å². The number of ether oxygens (including phenoxy) is 1. The Balaban J connectivity index is 1.48. The van der Waals surface area contributed by atoms with Crippen molar-refractivity contribution in [2.75, 3.05) is 23.3 Å². The smallest absolute Gasteiger partial charge is 0.264 e. The van der Waals surface area contributed by atoms with E-state index < -0.39 is 15.9 Å². The first kappa shape index (κ1) is 21.0. The second-order valence-electron chi connectivity index (χ2n) is 7.66. The zero-order valence-corrected chi connectivity index (χ0v) is 18.7. The molecule has 0 unspecified atom stereocenters. The number of aromatic nitrogens is 1. The molecule has 0 aliphatic carbocycles. The van der Waals surface area contributed by atoms with Gasteiger partial charge in [0.1, 0.15) is 11.6 Å². The average Bonchev–Trinajstić information content (AvgIpc) is 3.28. The molecule has 0 saturated heterocycles. The van der Waals surface area contributed by atoms with Crippen LogP contribution in [0, 0.1) is 0 Å². The number of nitrogens with zero attached hydrogens (tertiary/aromatic N) is 2. The van der Waals surface area contributed by atoms with Crippen molar-refractivity contribution in [3.63, 3.8) is 0 Å². The molecule has 1 amide bonds. The van der Waals surface area contributed by atoms with E-state index >= 15 is 0 Å². The Bertz CT molecular complexity index is 1480. The Morgan fingerprint density at radius 1 is 1.00 bits per heavy atom. The minimum absolute atomic E-state index is 0.0247. The summed E-state index contributed by atoms with van der Waals surface area (Å²) in [6.07, 6.45) is 0.645. The summed E-state index contributed by atoms with van der Waals surface area (Å²) in [6, 6.07) is 22.9. The molecule has 0 atom stereocenters. The Hall–Kier alpha value is -3.91. The van der Waals surface area contributed by atoms with Crippen LogP contribution >= 0.6 is 0 Å². The average molecular weight is 460 g/mol. The highest BCUT2D eigenvalue weighted by Crippen LogP contribution is 2.34. The van der Waals surface area contributed by atoms with Gasteiger partial charge in [0.15, 0.2) is 0 Å². The van der Waals surface area contributed by atoms with E-state index in [4.69, 9.17) is 4.74 Å². The highest BCUT2D eigenvalue weighted by molar-refractivity contribution is 7.92. The van der Waals surface area contributed by atoms with E-state index in [0.717, 1.165) is 16.5 Å². The number of methoxy groups -OCH3 is 1. The molecular weight excluding hydrogens is 438 g/mol. The SMILES string of the molecule is COc1ccc(S(=O)(=O)N2CCc3ccccc32)cc1C(=O)Nc1ccc2ccccc2n1. The van der Waals surface area contributed by atoms with Gasteiger partial charge in [0, 0.05) is 11.9 Å². The zero-order chi connectivity index (χ0) is 23.0. The third-order valence-electron chi connectivity index (χ3n) is 5.69. The number of anilines is 2. The molecule has 5 rings (SSSR count). The van der Waals surface area contributed by atoms with Gasteiger partial charge in [0.2, 0.25) is 0 Å². The molecule has 0 spiro atoms.